The molecule has 0 radical (unpaired) electrons. The molecule has 0 N–H and O–H groups in total. The Morgan fingerprint density at radius 1 is 0.909 bits per heavy atom. The zero-order chi connectivity index (χ0) is 8.41. The van der Waals surface area contributed by atoms with Gasteiger partial charge in [0.1, 0.15) is 0 Å². The van der Waals surface area contributed by atoms with Gasteiger partial charge in [-0.1, -0.05) is 28.2 Å². The molecule has 0 aliphatic carbocycles. The van der Waals surface area contributed by atoms with Gasteiger partial charge in [-0.25, -0.2) is 0 Å². The van der Waals surface area contributed by atoms with E-state index >= 15 is 0 Å². The normalized spacial score (nSPS) is 13.3. The van der Waals surface area contributed by atoms with Gasteiger partial charge in [0.2, 0.25) is 0 Å². The van der Waals surface area contributed by atoms with Crippen LogP contribution in [0.1, 0.15) is 49.0 Å². The van der Waals surface area contributed by atoms with E-state index in [0.717, 1.165) is 0 Å². The lowest BCUT2D eigenvalue weighted by molar-refractivity contribution is 0.552. The monoisotopic (exact) mass is 157 g/mol. The molecule has 0 saturated carbocycles. The molecule has 0 heterocycles. The molecule has 1 heteroatoms. The fraction of sp³-hybridized carbons (Fsp3) is 0.900. The molecule has 0 aromatic carbocycles. The molecule has 0 aromatic rings. The van der Waals surface area contributed by atoms with E-state index in [1.54, 1.807) is 0 Å². The molecule has 0 saturated heterocycles. The Labute approximate surface area is 71.9 Å². The standard InChI is InChI=1S/C9H19N.CH4/c1-8(2,3)7-10-9(4,5)6;/h7H,1-6H3;1H4. The molecule has 0 rings (SSSR count). The molecule has 0 atom stereocenters. The average Bonchev–Trinajstić information content (AvgIpc) is 1.57. The van der Waals surface area contributed by atoms with Crippen molar-refractivity contribution in [3.05, 3.63) is 0 Å². The molecule has 0 amide bonds. The van der Waals surface area contributed by atoms with Crippen molar-refractivity contribution >= 4 is 6.21 Å². The first-order chi connectivity index (χ1) is 4.21. The zero-order valence-electron chi connectivity index (χ0n) is 8.02. The molecule has 0 bridgehead atoms. The minimum absolute atomic E-state index is 0. The Morgan fingerprint density at radius 3 is 1.36 bits per heavy atom. The Hall–Kier alpha value is -0.330. The molecule has 0 aromatic heterocycles. The lowest BCUT2D eigenvalue weighted by Crippen LogP contribution is -2.14. The van der Waals surface area contributed by atoms with Crippen LogP contribution in [0.5, 0.6) is 0 Å². The van der Waals surface area contributed by atoms with Crippen LogP contribution in [0.4, 0.5) is 0 Å². The molecule has 11 heavy (non-hydrogen) atoms. The molecular formula is C10H23N. The highest BCUT2D eigenvalue weighted by Gasteiger charge is 2.09. The topological polar surface area (TPSA) is 12.4 Å². The fourth-order valence-electron chi connectivity index (χ4n) is 0.387. The van der Waals surface area contributed by atoms with Gasteiger partial charge in [-0.3, -0.25) is 4.99 Å². The van der Waals surface area contributed by atoms with E-state index in [2.05, 4.69) is 46.5 Å². The molecular weight excluding hydrogens is 134 g/mol. The highest BCUT2D eigenvalue weighted by atomic mass is 14.8. The first-order valence-corrected chi connectivity index (χ1v) is 3.77. The second-order valence-corrected chi connectivity index (χ2v) is 4.80. The number of nitrogens with zero attached hydrogens (tertiary/aromatic N) is 1. The van der Waals surface area contributed by atoms with Gasteiger partial charge >= 0.3 is 0 Å². The van der Waals surface area contributed by atoms with E-state index in [-0.39, 0.29) is 18.4 Å². The minimum Gasteiger partial charge on any atom is -0.291 e. The largest absolute Gasteiger partial charge is 0.291 e. The van der Waals surface area contributed by atoms with E-state index in [9.17, 15) is 0 Å². The van der Waals surface area contributed by atoms with Crippen molar-refractivity contribution in [3.63, 3.8) is 0 Å². The molecule has 0 aliphatic heterocycles. The van der Waals surface area contributed by atoms with Crippen LogP contribution in [0, 0.1) is 5.41 Å². The number of hydrogen-bond donors (Lipinski definition) is 0. The van der Waals surface area contributed by atoms with E-state index in [1.807, 2.05) is 6.21 Å². The predicted molar refractivity (Wildman–Crippen MR) is 54.4 cm³/mol. The lowest BCUT2D eigenvalue weighted by atomic mass is 9.98. The minimum atomic E-state index is 0. The average molecular weight is 157 g/mol. The van der Waals surface area contributed by atoms with Crippen molar-refractivity contribution < 1.29 is 0 Å². The summed E-state index contributed by atoms with van der Waals surface area (Å²) in [5.41, 5.74) is 0.292. The van der Waals surface area contributed by atoms with Gasteiger partial charge in [0.15, 0.2) is 0 Å². The van der Waals surface area contributed by atoms with Crippen molar-refractivity contribution in [3.8, 4) is 0 Å². The van der Waals surface area contributed by atoms with Crippen LogP contribution < -0.4 is 0 Å². The van der Waals surface area contributed by atoms with Crippen molar-refractivity contribution in [1.82, 2.24) is 0 Å². The van der Waals surface area contributed by atoms with Crippen molar-refractivity contribution in [1.29, 1.82) is 0 Å². The summed E-state index contributed by atoms with van der Waals surface area (Å²) in [6, 6.07) is 0. The Bertz CT molecular complexity index is 105. The van der Waals surface area contributed by atoms with Crippen LogP contribution in [0.2, 0.25) is 0 Å². The van der Waals surface area contributed by atoms with E-state index in [1.165, 1.54) is 0 Å². The quantitative estimate of drug-likeness (QED) is 0.477. The number of rotatable bonds is 0. The lowest BCUT2D eigenvalue weighted by Gasteiger charge is -2.16. The first kappa shape index (κ1) is 13.3. The highest BCUT2D eigenvalue weighted by Crippen LogP contribution is 2.12. The summed E-state index contributed by atoms with van der Waals surface area (Å²) in [7, 11) is 0. The van der Waals surface area contributed by atoms with E-state index in [4.69, 9.17) is 0 Å². The summed E-state index contributed by atoms with van der Waals surface area (Å²) in [6.07, 6.45) is 2.02. The first-order valence-electron chi connectivity index (χ1n) is 3.77. The van der Waals surface area contributed by atoms with Gasteiger partial charge in [-0.2, -0.15) is 0 Å². The van der Waals surface area contributed by atoms with Gasteiger partial charge in [-0.15, -0.1) is 0 Å². The van der Waals surface area contributed by atoms with E-state index in [0.29, 0.717) is 0 Å². The smallest absolute Gasteiger partial charge is 0.0520 e. The van der Waals surface area contributed by atoms with Gasteiger partial charge in [0.25, 0.3) is 0 Å². The summed E-state index contributed by atoms with van der Waals surface area (Å²) >= 11 is 0. The third-order valence-corrected chi connectivity index (χ3v) is 0.839. The second-order valence-electron chi connectivity index (χ2n) is 4.80. The Morgan fingerprint density at radius 2 is 1.27 bits per heavy atom. The summed E-state index contributed by atoms with van der Waals surface area (Å²) in [5, 5.41) is 0. The summed E-state index contributed by atoms with van der Waals surface area (Å²) in [4.78, 5) is 4.40. The molecule has 0 fully saturated rings. The van der Waals surface area contributed by atoms with Gasteiger partial charge in [0, 0.05) is 6.21 Å². The van der Waals surface area contributed by atoms with Crippen LogP contribution in [-0.4, -0.2) is 11.8 Å². The van der Waals surface area contributed by atoms with E-state index < -0.39 is 0 Å². The maximum atomic E-state index is 4.40. The van der Waals surface area contributed by atoms with Gasteiger partial charge < -0.3 is 0 Å². The Kier molecular flexibility index (Phi) is 4.69. The van der Waals surface area contributed by atoms with Crippen molar-refractivity contribution in [2.24, 2.45) is 10.4 Å². The third-order valence-electron chi connectivity index (χ3n) is 0.839. The third kappa shape index (κ3) is 12.8. The van der Waals surface area contributed by atoms with Crippen LogP contribution in [0.3, 0.4) is 0 Å². The van der Waals surface area contributed by atoms with Gasteiger partial charge in [-0.05, 0) is 26.2 Å². The van der Waals surface area contributed by atoms with Crippen molar-refractivity contribution in [2.75, 3.05) is 0 Å². The van der Waals surface area contributed by atoms with Crippen LogP contribution in [-0.2, 0) is 0 Å². The van der Waals surface area contributed by atoms with Gasteiger partial charge in [0.05, 0.1) is 5.54 Å². The summed E-state index contributed by atoms with van der Waals surface area (Å²) < 4.78 is 0. The molecule has 68 valence electrons. The van der Waals surface area contributed by atoms with Crippen LogP contribution in [0.25, 0.3) is 0 Å². The van der Waals surface area contributed by atoms with Crippen LogP contribution in [0.15, 0.2) is 4.99 Å². The Balaban J connectivity index is 0. The summed E-state index contributed by atoms with van der Waals surface area (Å²) in [6.45, 7) is 12.8. The number of aliphatic imine (C=N–C) groups is 1. The fourth-order valence-corrected chi connectivity index (χ4v) is 0.387. The van der Waals surface area contributed by atoms with Crippen molar-refractivity contribution in [2.45, 2.75) is 54.5 Å². The molecule has 1 nitrogen and oxygen atoms in total. The predicted octanol–water partition coefficient (Wildman–Crippen LogP) is 3.54. The number of hydrogen-bond acceptors (Lipinski definition) is 1. The van der Waals surface area contributed by atoms with Crippen LogP contribution >= 0.6 is 0 Å². The highest BCUT2D eigenvalue weighted by molar-refractivity contribution is 5.64. The maximum Gasteiger partial charge on any atom is 0.0520 e. The SMILES string of the molecule is C.CC(C)(C)C=NC(C)(C)C. The molecule has 0 aliphatic rings. The zero-order valence-corrected chi connectivity index (χ0v) is 8.02. The maximum absolute atomic E-state index is 4.40. The molecule has 0 unspecified atom stereocenters. The molecule has 0 spiro atoms. The second kappa shape index (κ2) is 3.89. The summed E-state index contributed by atoms with van der Waals surface area (Å²) in [5.74, 6) is 0.